The smallest absolute Gasteiger partial charge is 0.387 e. The number of halogens is 3. The third-order valence-corrected chi connectivity index (χ3v) is 5.56. The Hall–Kier alpha value is -3.13. The summed E-state index contributed by atoms with van der Waals surface area (Å²) in [6, 6.07) is 15.1. The SMILES string of the molecule is CNC(=O)COc1cc(C)c(Cc2ccc(O)c(-c3cccc(OC(F)F)c3)c2)c(Br)c1. The molecule has 0 fully saturated rings. The monoisotopic (exact) mass is 505 g/mol. The van der Waals surface area contributed by atoms with Crippen LogP contribution in [0.1, 0.15) is 16.7 Å². The van der Waals surface area contributed by atoms with Gasteiger partial charge in [-0.2, -0.15) is 8.78 Å². The highest BCUT2D eigenvalue weighted by atomic mass is 79.9. The molecule has 0 heterocycles. The molecule has 0 aliphatic carbocycles. The number of aryl methyl sites for hydroxylation is 1. The van der Waals surface area contributed by atoms with Gasteiger partial charge in [0.1, 0.15) is 17.2 Å². The first-order valence-electron chi connectivity index (χ1n) is 9.76. The minimum Gasteiger partial charge on any atom is -0.507 e. The zero-order valence-corrected chi connectivity index (χ0v) is 19.1. The highest BCUT2D eigenvalue weighted by molar-refractivity contribution is 9.10. The summed E-state index contributed by atoms with van der Waals surface area (Å²) in [6.45, 7) is -1.05. The van der Waals surface area contributed by atoms with Gasteiger partial charge in [0.15, 0.2) is 6.61 Å². The number of rotatable bonds is 8. The number of aromatic hydroxyl groups is 1. The third kappa shape index (κ3) is 5.97. The number of nitrogens with one attached hydrogen (secondary N) is 1. The summed E-state index contributed by atoms with van der Waals surface area (Å²) in [5.74, 6) is 0.413. The minimum absolute atomic E-state index is 0.0215. The predicted molar refractivity (Wildman–Crippen MR) is 121 cm³/mol. The Kier molecular flexibility index (Phi) is 7.69. The van der Waals surface area contributed by atoms with Gasteiger partial charge in [0.25, 0.3) is 5.91 Å². The summed E-state index contributed by atoms with van der Waals surface area (Å²) in [7, 11) is 1.55. The Morgan fingerprint density at radius 1 is 1.12 bits per heavy atom. The molecule has 0 saturated heterocycles. The summed E-state index contributed by atoms with van der Waals surface area (Å²) in [4.78, 5) is 11.4. The van der Waals surface area contributed by atoms with E-state index in [1.54, 1.807) is 37.4 Å². The predicted octanol–water partition coefficient (Wildman–Crippen LogP) is 5.45. The highest BCUT2D eigenvalue weighted by Crippen LogP contribution is 2.34. The molecule has 168 valence electrons. The Balaban J connectivity index is 1.86. The number of hydrogen-bond donors (Lipinski definition) is 2. The van der Waals surface area contributed by atoms with Crippen LogP contribution >= 0.6 is 15.9 Å². The molecule has 3 aromatic carbocycles. The van der Waals surface area contributed by atoms with Gasteiger partial charge in [-0.15, -0.1) is 0 Å². The van der Waals surface area contributed by atoms with Crippen LogP contribution < -0.4 is 14.8 Å². The van der Waals surface area contributed by atoms with E-state index < -0.39 is 6.61 Å². The Labute approximate surface area is 193 Å². The van der Waals surface area contributed by atoms with E-state index in [0.29, 0.717) is 23.3 Å². The summed E-state index contributed by atoms with van der Waals surface area (Å²) in [5.41, 5.74) is 3.98. The molecule has 0 radical (unpaired) electrons. The molecule has 32 heavy (non-hydrogen) atoms. The molecule has 0 aliphatic rings. The molecule has 0 aromatic heterocycles. The molecule has 0 atom stereocenters. The lowest BCUT2D eigenvalue weighted by molar-refractivity contribution is -0.122. The normalized spacial score (nSPS) is 10.8. The summed E-state index contributed by atoms with van der Waals surface area (Å²) in [5, 5.41) is 12.9. The molecule has 0 unspecified atom stereocenters. The van der Waals surface area contributed by atoms with Crippen molar-refractivity contribution in [2.24, 2.45) is 0 Å². The fraction of sp³-hybridized carbons (Fsp3) is 0.208. The van der Waals surface area contributed by atoms with Gasteiger partial charge in [-0.05, 0) is 72.0 Å². The van der Waals surface area contributed by atoms with Crippen molar-refractivity contribution < 1.29 is 28.2 Å². The van der Waals surface area contributed by atoms with Crippen molar-refractivity contribution >= 4 is 21.8 Å². The van der Waals surface area contributed by atoms with Crippen LogP contribution in [0.3, 0.4) is 0 Å². The van der Waals surface area contributed by atoms with E-state index in [2.05, 4.69) is 26.0 Å². The maximum Gasteiger partial charge on any atom is 0.387 e. The van der Waals surface area contributed by atoms with Crippen LogP contribution in [0.25, 0.3) is 11.1 Å². The van der Waals surface area contributed by atoms with Crippen molar-refractivity contribution in [2.45, 2.75) is 20.0 Å². The molecule has 2 N–H and O–H groups in total. The molecular weight excluding hydrogens is 484 g/mol. The van der Waals surface area contributed by atoms with E-state index in [-0.39, 0.29) is 24.0 Å². The fourth-order valence-electron chi connectivity index (χ4n) is 3.24. The van der Waals surface area contributed by atoms with Gasteiger partial charge < -0.3 is 19.9 Å². The zero-order chi connectivity index (χ0) is 23.3. The van der Waals surface area contributed by atoms with Crippen molar-refractivity contribution in [3.63, 3.8) is 0 Å². The first-order chi connectivity index (χ1) is 15.3. The molecule has 0 spiro atoms. The average Bonchev–Trinajstić information content (AvgIpc) is 2.75. The van der Waals surface area contributed by atoms with E-state index >= 15 is 0 Å². The second kappa shape index (κ2) is 10.5. The van der Waals surface area contributed by atoms with Gasteiger partial charge in [-0.25, -0.2) is 0 Å². The van der Waals surface area contributed by atoms with Crippen molar-refractivity contribution in [2.75, 3.05) is 13.7 Å². The topological polar surface area (TPSA) is 67.8 Å². The number of phenolic OH excluding ortho intramolecular Hbond substituents is 1. The lowest BCUT2D eigenvalue weighted by Gasteiger charge is -2.14. The second-order valence-corrected chi connectivity index (χ2v) is 7.95. The van der Waals surface area contributed by atoms with Crippen LogP contribution in [0, 0.1) is 6.92 Å². The summed E-state index contributed by atoms with van der Waals surface area (Å²) >= 11 is 3.57. The molecule has 0 bridgehead atoms. The van der Waals surface area contributed by atoms with Crippen molar-refractivity contribution in [1.82, 2.24) is 5.32 Å². The van der Waals surface area contributed by atoms with Crippen molar-refractivity contribution in [3.05, 3.63) is 75.8 Å². The molecule has 0 saturated carbocycles. The van der Waals surface area contributed by atoms with Gasteiger partial charge in [-0.1, -0.05) is 34.1 Å². The number of amides is 1. The van der Waals surface area contributed by atoms with Crippen molar-refractivity contribution in [1.29, 1.82) is 0 Å². The first kappa shape index (κ1) is 23.5. The van der Waals surface area contributed by atoms with Crippen LogP contribution in [0.5, 0.6) is 17.2 Å². The quantitative estimate of drug-likeness (QED) is 0.427. The number of hydrogen-bond acceptors (Lipinski definition) is 4. The van der Waals surface area contributed by atoms with E-state index in [9.17, 15) is 18.7 Å². The Morgan fingerprint density at radius 3 is 2.59 bits per heavy atom. The number of ether oxygens (including phenoxy) is 2. The zero-order valence-electron chi connectivity index (χ0n) is 17.5. The molecule has 3 aromatic rings. The number of likely N-dealkylation sites (N-methyl/N-ethyl adjacent to an activating group) is 1. The largest absolute Gasteiger partial charge is 0.507 e. The molecule has 0 aliphatic heterocycles. The number of phenols is 1. The molecule has 8 heteroatoms. The van der Waals surface area contributed by atoms with Crippen LogP contribution in [-0.4, -0.2) is 31.3 Å². The Morgan fingerprint density at radius 2 is 1.91 bits per heavy atom. The van der Waals surface area contributed by atoms with Gasteiger partial charge in [0.2, 0.25) is 0 Å². The maximum atomic E-state index is 12.5. The van der Waals surface area contributed by atoms with E-state index in [1.165, 1.54) is 12.1 Å². The van der Waals surface area contributed by atoms with Crippen LogP contribution in [-0.2, 0) is 11.2 Å². The number of carbonyl (C=O) groups is 1. The summed E-state index contributed by atoms with van der Waals surface area (Å²) < 4.78 is 35.9. The van der Waals surface area contributed by atoms with Gasteiger partial charge >= 0.3 is 6.61 Å². The number of carbonyl (C=O) groups excluding carboxylic acids is 1. The fourth-order valence-corrected chi connectivity index (χ4v) is 3.92. The summed E-state index contributed by atoms with van der Waals surface area (Å²) in [6.07, 6.45) is 0.558. The standard InChI is InChI=1S/C24H22BrF2NO4/c1-14-8-18(31-13-23(30)28-2)12-21(25)19(14)9-15-6-7-22(29)20(10-15)16-4-3-5-17(11-16)32-24(26)27/h3-8,10-12,24,29H,9,13H2,1-2H3,(H,28,30). The van der Waals surface area contributed by atoms with E-state index in [4.69, 9.17) is 4.74 Å². The van der Waals surface area contributed by atoms with E-state index in [0.717, 1.165) is 21.2 Å². The van der Waals surface area contributed by atoms with Gasteiger partial charge in [0.05, 0.1) is 0 Å². The lowest BCUT2D eigenvalue weighted by atomic mass is 9.96. The van der Waals surface area contributed by atoms with Gasteiger partial charge in [0, 0.05) is 17.1 Å². The maximum absolute atomic E-state index is 12.5. The molecule has 3 rings (SSSR count). The lowest BCUT2D eigenvalue weighted by Crippen LogP contribution is -2.24. The minimum atomic E-state index is -2.92. The van der Waals surface area contributed by atoms with Crippen LogP contribution in [0.4, 0.5) is 8.78 Å². The van der Waals surface area contributed by atoms with Gasteiger partial charge in [-0.3, -0.25) is 4.79 Å². The van der Waals surface area contributed by atoms with Crippen LogP contribution in [0.2, 0.25) is 0 Å². The highest BCUT2D eigenvalue weighted by Gasteiger charge is 2.13. The average molecular weight is 506 g/mol. The van der Waals surface area contributed by atoms with Crippen LogP contribution in [0.15, 0.2) is 59.1 Å². The second-order valence-electron chi connectivity index (χ2n) is 7.10. The first-order valence-corrected chi connectivity index (χ1v) is 10.6. The molecular formula is C24H22BrF2NO4. The number of alkyl halides is 2. The third-order valence-electron chi connectivity index (χ3n) is 4.85. The Bertz CT molecular complexity index is 1100. The van der Waals surface area contributed by atoms with Crippen molar-refractivity contribution in [3.8, 4) is 28.4 Å². The molecule has 5 nitrogen and oxygen atoms in total. The van der Waals surface area contributed by atoms with E-state index in [1.807, 2.05) is 19.1 Å². The number of benzene rings is 3. The molecule has 1 amide bonds.